The van der Waals surface area contributed by atoms with Crippen LogP contribution in [-0.4, -0.2) is 36.7 Å². The second kappa shape index (κ2) is 10.5. The lowest BCUT2D eigenvalue weighted by molar-refractivity contribution is -0.117. The van der Waals surface area contributed by atoms with Crippen LogP contribution in [0.15, 0.2) is 18.2 Å². The molecule has 4 saturated carbocycles. The summed E-state index contributed by atoms with van der Waals surface area (Å²) in [5.74, 6) is 8.20. The van der Waals surface area contributed by atoms with Crippen molar-refractivity contribution >= 4 is 17.5 Å². The van der Waals surface area contributed by atoms with E-state index in [4.69, 9.17) is 9.72 Å². The second-order valence-electron chi connectivity index (χ2n) is 13.5. The molecule has 0 bridgehead atoms. The first-order valence-corrected chi connectivity index (χ1v) is 15.6. The molecule has 5 nitrogen and oxygen atoms in total. The number of nitrogens with one attached hydrogen (secondary N) is 1. The molecule has 3 unspecified atom stereocenters. The van der Waals surface area contributed by atoms with E-state index in [2.05, 4.69) is 38.2 Å². The molecule has 5 aliphatic rings. The van der Waals surface area contributed by atoms with Gasteiger partial charge in [-0.05, 0) is 137 Å². The van der Waals surface area contributed by atoms with E-state index in [-0.39, 0.29) is 5.91 Å². The number of carbonyl (C=O) groups excluding carboxylic acids is 1. The quantitative estimate of drug-likeness (QED) is 0.435. The smallest absolute Gasteiger partial charge is 0.228 e. The minimum atomic E-state index is 0.207. The third-order valence-corrected chi connectivity index (χ3v) is 11.8. The Hall–Kier alpha value is -1.62. The number of pyridine rings is 1. The zero-order valence-corrected chi connectivity index (χ0v) is 23.5. The van der Waals surface area contributed by atoms with Crippen LogP contribution in [0.2, 0.25) is 0 Å². The van der Waals surface area contributed by atoms with Crippen molar-refractivity contribution in [1.29, 1.82) is 0 Å². The molecule has 1 saturated heterocycles. The number of hydrogen-bond donors (Lipinski definition) is 1. The molecule has 1 aromatic rings. The predicted octanol–water partition coefficient (Wildman–Crippen LogP) is 6.93. The Bertz CT molecular complexity index is 967. The molecule has 0 radical (unpaired) electrons. The molecule has 0 spiro atoms. The lowest BCUT2D eigenvalue weighted by Gasteiger charge is -2.56. The van der Waals surface area contributed by atoms with E-state index >= 15 is 0 Å². The van der Waals surface area contributed by atoms with Crippen LogP contribution >= 0.6 is 0 Å². The molecular formula is C32H49N3O2. The van der Waals surface area contributed by atoms with Crippen LogP contribution in [0.25, 0.3) is 0 Å². The fourth-order valence-electron chi connectivity index (χ4n) is 10.1. The average Bonchev–Trinajstić information content (AvgIpc) is 3.50. The van der Waals surface area contributed by atoms with E-state index in [9.17, 15) is 4.79 Å². The van der Waals surface area contributed by atoms with Crippen molar-refractivity contribution < 1.29 is 9.53 Å². The Balaban J connectivity index is 1.11. The number of carbonyl (C=O) groups is 1. The number of nitrogens with zero attached hydrogens (tertiary/aromatic N) is 2. The number of rotatable bonds is 7. The van der Waals surface area contributed by atoms with Gasteiger partial charge in [-0.25, -0.2) is 4.98 Å². The Kier molecular flexibility index (Phi) is 7.28. The van der Waals surface area contributed by atoms with Crippen LogP contribution in [0, 0.1) is 46.8 Å². The third-order valence-electron chi connectivity index (χ3n) is 11.8. The van der Waals surface area contributed by atoms with Gasteiger partial charge >= 0.3 is 0 Å². The Labute approximate surface area is 224 Å². The van der Waals surface area contributed by atoms with Crippen molar-refractivity contribution in [1.82, 2.24) is 4.98 Å². The summed E-state index contributed by atoms with van der Waals surface area (Å²) in [6, 6.07) is 6.51. The summed E-state index contributed by atoms with van der Waals surface area (Å²) < 4.78 is 5.82. The first-order valence-electron chi connectivity index (χ1n) is 15.6. The monoisotopic (exact) mass is 507 g/mol. The fraction of sp³-hybridized carbons (Fsp3) is 0.812. The highest BCUT2D eigenvalue weighted by Gasteiger charge is 2.57. The number of fused-ring (bicyclic) bond motifs is 5. The van der Waals surface area contributed by atoms with Crippen molar-refractivity contribution in [3.05, 3.63) is 18.2 Å². The average molecular weight is 508 g/mol. The number of hydrogen-bond acceptors (Lipinski definition) is 4. The lowest BCUT2D eigenvalue weighted by Crippen LogP contribution is -2.50. The van der Waals surface area contributed by atoms with Gasteiger partial charge in [-0.1, -0.05) is 13.0 Å². The second-order valence-corrected chi connectivity index (χ2v) is 13.5. The van der Waals surface area contributed by atoms with Gasteiger partial charge in [0.25, 0.3) is 0 Å². The van der Waals surface area contributed by atoms with E-state index in [1.165, 1.54) is 57.8 Å². The molecule has 2 heterocycles. The van der Waals surface area contributed by atoms with E-state index in [1.807, 2.05) is 11.0 Å². The maximum Gasteiger partial charge on any atom is 0.228 e. The molecule has 0 aromatic carbocycles. The predicted molar refractivity (Wildman–Crippen MR) is 149 cm³/mol. The molecule has 1 aromatic heterocycles. The summed E-state index contributed by atoms with van der Waals surface area (Å²) >= 11 is 0. The Morgan fingerprint density at radius 1 is 1.11 bits per heavy atom. The van der Waals surface area contributed by atoms with Gasteiger partial charge in [0, 0.05) is 32.2 Å². The van der Waals surface area contributed by atoms with Crippen LogP contribution in [0.5, 0.6) is 0 Å². The normalized spacial score (nSPS) is 40.1. The summed E-state index contributed by atoms with van der Waals surface area (Å²) in [5.41, 5.74) is 0.440. The van der Waals surface area contributed by atoms with Crippen LogP contribution in [0.4, 0.5) is 11.6 Å². The Morgan fingerprint density at radius 3 is 2.78 bits per heavy atom. The topological polar surface area (TPSA) is 54.5 Å². The van der Waals surface area contributed by atoms with Gasteiger partial charge < -0.3 is 10.1 Å². The van der Waals surface area contributed by atoms with Gasteiger partial charge in [-0.15, -0.1) is 0 Å². The van der Waals surface area contributed by atoms with Gasteiger partial charge in [-0.2, -0.15) is 0 Å². The molecular weight excluding hydrogens is 458 g/mol. The highest BCUT2D eigenvalue weighted by molar-refractivity contribution is 5.94. The zero-order valence-electron chi connectivity index (χ0n) is 23.5. The van der Waals surface area contributed by atoms with Crippen molar-refractivity contribution in [3.8, 4) is 0 Å². The van der Waals surface area contributed by atoms with Crippen LogP contribution in [0.1, 0.15) is 91.4 Å². The summed E-state index contributed by atoms with van der Waals surface area (Å²) in [5, 5.41) is 3.80. The highest BCUT2D eigenvalue weighted by atomic mass is 16.5. The Morgan fingerprint density at radius 2 is 1.97 bits per heavy atom. The summed E-state index contributed by atoms with van der Waals surface area (Å²) in [7, 11) is 0. The first-order chi connectivity index (χ1) is 18.0. The SMILES string of the molecule is CCOC[C@H]1CC[C@@H]2C3CC[C@@]4(C)C(CCC4[C@@H](C)Nc4cccc(N5CCCC5=O)n4)[C@@H]3CC[C@@H]2C1. The zero-order chi connectivity index (χ0) is 25.6. The molecule has 6 rings (SSSR count). The number of amides is 1. The molecule has 4 aliphatic carbocycles. The van der Waals surface area contributed by atoms with Crippen molar-refractivity contribution in [2.24, 2.45) is 46.8 Å². The highest BCUT2D eigenvalue weighted by Crippen LogP contribution is 2.65. The van der Waals surface area contributed by atoms with Crippen LogP contribution < -0.4 is 10.2 Å². The van der Waals surface area contributed by atoms with E-state index in [0.29, 0.717) is 23.8 Å². The summed E-state index contributed by atoms with van der Waals surface area (Å²) in [6.45, 7) is 9.81. The van der Waals surface area contributed by atoms with Gasteiger partial charge in [0.15, 0.2) is 0 Å². The molecule has 37 heavy (non-hydrogen) atoms. The van der Waals surface area contributed by atoms with Crippen LogP contribution in [0.3, 0.4) is 0 Å². The van der Waals surface area contributed by atoms with Crippen molar-refractivity contribution in [3.63, 3.8) is 0 Å². The molecule has 1 N–H and O–H groups in total. The standard InChI is InChI=1S/C32H49N3O2/c1-4-37-20-22-10-12-24-23(19-22)11-13-26-25(24)16-17-32(3)27(14-15-28(26)32)21(2)33-29-7-5-8-30(34-29)35-18-6-9-31(35)36/h5,7-8,21-28H,4,6,9-20H2,1-3H3,(H,33,34)/t21-,22+,23-,24+,25?,26-,27?,28?,32-/m1/s1. The molecule has 5 fully saturated rings. The third kappa shape index (κ3) is 4.72. The molecule has 1 amide bonds. The van der Waals surface area contributed by atoms with Crippen molar-refractivity contribution in [2.75, 3.05) is 30.0 Å². The minimum absolute atomic E-state index is 0.207. The maximum absolute atomic E-state index is 12.2. The van der Waals surface area contributed by atoms with Gasteiger partial charge in [0.2, 0.25) is 5.91 Å². The van der Waals surface area contributed by atoms with Gasteiger partial charge in [0.05, 0.1) is 0 Å². The maximum atomic E-state index is 12.2. The minimum Gasteiger partial charge on any atom is -0.381 e. The summed E-state index contributed by atoms with van der Waals surface area (Å²) in [6.07, 6.45) is 14.4. The number of anilines is 2. The molecule has 204 valence electrons. The number of ether oxygens (including phenoxy) is 1. The van der Waals surface area contributed by atoms with Crippen LogP contribution in [-0.2, 0) is 9.53 Å². The molecule has 9 atom stereocenters. The molecule has 1 aliphatic heterocycles. The van der Waals surface area contributed by atoms with E-state index in [1.54, 1.807) is 0 Å². The largest absolute Gasteiger partial charge is 0.381 e. The van der Waals surface area contributed by atoms with Crippen molar-refractivity contribution in [2.45, 2.75) is 97.4 Å². The molecule has 5 heteroatoms. The van der Waals surface area contributed by atoms with E-state index in [0.717, 1.165) is 73.3 Å². The lowest BCUT2D eigenvalue weighted by atomic mass is 9.49. The van der Waals surface area contributed by atoms with Gasteiger partial charge in [0.1, 0.15) is 11.6 Å². The van der Waals surface area contributed by atoms with E-state index < -0.39 is 0 Å². The number of aromatic nitrogens is 1. The van der Waals surface area contributed by atoms with Gasteiger partial charge in [-0.3, -0.25) is 9.69 Å². The first kappa shape index (κ1) is 25.6. The fourth-order valence-corrected chi connectivity index (χ4v) is 10.1. The summed E-state index contributed by atoms with van der Waals surface area (Å²) in [4.78, 5) is 19.0.